The molecule has 0 atom stereocenters. The molecule has 5 nitrogen and oxygen atoms in total. The van der Waals surface area contributed by atoms with Gasteiger partial charge in [-0.25, -0.2) is 9.37 Å². The number of hydrogen-bond acceptors (Lipinski definition) is 4. The lowest BCUT2D eigenvalue weighted by Crippen LogP contribution is -2.21. The number of benzene rings is 3. The number of aromatic nitrogens is 2. The first kappa shape index (κ1) is 18.2. The smallest absolute Gasteiger partial charge is 0.261 e. The van der Waals surface area contributed by atoms with Crippen LogP contribution in [0.15, 0.2) is 70.6 Å². The van der Waals surface area contributed by atoms with Crippen molar-refractivity contribution in [1.82, 2.24) is 9.55 Å². The predicted molar refractivity (Wildman–Crippen MR) is 110 cm³/mol. The van der Waals surface area contributed by atoms with Crippen molar-refractivity contribution in [3.05, 3.63) is 76.8 Å². The van der Waals surface area contributed by atoms with E-state index in [2.05, 4.69) is 10.3 Å². The summed E-state index contributed by atoms with van der Waals surface area (Å²) in [4.78, 5) is 29.4. The van der Waals surface area contributed by atoms with Gasteiger partial charge in [0.25, 0.3) is 5.56 Å². The Balaban J connectivity index is 1.61. The van der Waals surface area contributed by atoms with Gasteiger partial charge < -0.3 is 5.32 Å². The molecule has 3 aromatic carbocycles. The summed E-state index contributed by atoms with van der Waals surface area (Å²) in [5.41, 5.74) is 0.534. The van der Waals surface area contributed by atoms with Gasteiger partial charge in [-0.2, -0.15) is 0 Å². The minimum atomic E-state index is -0.496. The molecule has 0 bridgehead atoms. The Kier molecular flexibility index (Phi) is 4.83. The van der Waals surface area contributed by atoms with Crippen molar-refractivity contribution in [1.29, 1.82) is 0 Å². The van der Waals surface area contributed by atoms with E-state index in [1.165, 1.54) is 16.7 Å². The molecule has 0 aliphatic rings. The number of thioether (sulfide) groups is 1. The van der Waals surface area contributed by atoms with Crippen LogP contribution in [0.4, 0.5) is 10.1 Å². The molecular formula is C21H16FN3O2S. The number of anilines is 1. The van der Waals surface area contributed by atoms with Crippen LogP contribution in [0.3, 0.4) is 0 Å². The van der Waals surface area contributed by atoms with Crippen molar-refractivity contribution in [2.24, 2.45) is 7.05 Å². The Morgan fingerprint density at radius 1 is 1.11 bits per heavy atom. The number of hydrogen-bond donors (Lipinski definition) is 1. The molecule has 0 spiro atoms. The maximum atomic E-state index is 13.7. The molecule has 4 aromatic rings. The van der Waals surface area contributed by atoms with Crippen molar-refractivity contribution in [2.45, 2.75) is 5.16 Å². The van der Waals surface area contributed by atoms with Crippen molar-refractivity contribution >= 4 is 45.0 Å². The fraction of sp³-hybridized carbons (Fsp3) is 0.0952. The normalized spacial score (nSPS) is 11.1. The molecule has 0 aliphatic carbocycles. The number of carbonyl (C=O) groups is 1. The van der Waals surface area contributed by atoms with Crippen LogP contribution in [0.1, 0.15) is 0 Å². The highest BCUT2D eigenvalue weighted by Gasteiger charge is 2.13. The molecule has 0 unspecified atom stereocenters. The van der Waals surface area contributed by atoms with E-state index in [1.807, 2.05) is 36.4 Å². The van der Waals surface area contributed by atoms with E-state index < -0.39 is 5.82 Å². The van der Waals surface area contributed by atoms with Gasteiger partial charge in [-0.1, -0.05) is 48.2 Å². The second-order valence-corrected chi connectivity index (χ2v) is 7.23. The summed E-state index contributed by atoms with van der Waals surface area (Å²) in [6, 6.07) is 17.4. The minimum absolute atomic E-state index is 0.00764. The Bertz CT molecular complexity index is 1270. The molecule has 1 amide bonds. The molecular weight excluding hydrogens is 377 g/mol. The first-order valence-electron chi connectivity index (χ1n) is 8.59. The summed E-state index contributed by atoms with van der Waals surface area (Å²) in [5, 5.41) is 5.44. The first-order chi connectivity index (χ1) is 13.5. The lowest BCUT2D eigenvalue weighted by Gasteiger charge is -2.10. The monoisotopic (exact) mass is 393 g/mol. The number of para-hydroxylation sites is 1. The van der Waals surface area contributed by atoms with Gasteiger partial charge in [-0.3, -0.25) is 14.2 Å². The SMILES string of the molecule is Cn1c(SCC(=O)Nc2ccccc2F)nc2cc3ccccc3cc2c1=O. The third-order valence-corrected chi connectivity index (χ3v) is 5.41. The zero-order valence-electron chi connectivity index (χ0n) is 15.0. The number of carbonyl (C=O) groups excluding carboxylic acids is 1. The maximum absolute atomic E-state index is 13.7. The van der Waals surface area contributed by atoms with Gasteiger partial charge in [0, 0.05) is 7.05 Å². The fourth-order valence-electron chi connectivity index (χ4n) is 2.95. The lowest BCUT2D eigenvalue weighted by atomic mass is 10.1. The average molecular weight is 393 g/mol. The van der Waals surface area contributed by atoms with Gasteiger partial charge in [-0.15, -0.1) is 0 Å². The number of halogens is 1. The second kappa shape index (κ2) is 7.44. The quantitative estimate of drug-likeness (QED) is 0.324. The van der Waals surface area contributed by atoms with E-state index in [-0.39, 0.29) is 22.9 Å². The van der Waals surface area contributed by atoms with Crippen molar-refractivity contribution in [3.8, 4) is 0 Å². The van der Waals surface area contributed by atoms with Gasteiger partial charge in [0.2, 0.25) is 5.91 Å². The molecule has 0 saturated heterocycles. The summed E-state index contributed by atoms with van der Waals surface area (Å²) in [6.45, 7) is 0. The zero-order valence-corrected chi connectivity index (χ0v) is 15.8. The summed E-state index contributed by atoms with van der Waals surface area (Å²) >= 11 is 1.13. The number of rotatable bonds is 4. The standard InChI is InChI=1S/C21H16FN3O2S/c1-25-20(27)15-10-13-6-2-3-7-14(13)11-18(15)24-21(25)28-12-19(26)23-17-9-5-4-8-16(17)22/h2-11H,12H2,1H3,(H,23,26). The van der Waals surface area contributed by atoms with Crippen molar-refractivity contribution < 1.29 is 9.18 Å². The Labute approximate surface area is 164 Å². The molecule has 0 saturated carbocycles. The van der Waals surface area contributed by atoms with E-state index in [1.54, 1.807) is 19.2 Å². The highest BCUT2D eigenvalue weighted by atomic mass is 32.2. The third kappa shape index (κ3) is 3.48. The van der Waals surface area contributed by atoms with Gasteiger partial charge >= 0.3 is 0 Å². The molecule has 0 fully saturated rings. The van der Waals surface area contributed by atoms with Crippen molar-refractivity contribution in [2.75, 3.05) is 11.1 Å². The number of fused-ring (bicyclic) bond motifs is 2. The van der Waals surface area contributed by atoms with Gasteiger partial charge in [0.15, 0.2) is 5.16 Å². The average Bonchev–Trinajstić information content (AvgIpc) is 2.70. The van der Waals surface area contributed by atoms with E-state index in [0.717, 1.165) is 22.5 Å². The minimum Gasteiger partial charge on any atom is -0.323 e. The van der Waals surface area contributed by atoms with Crippen LogP contribution in [0.2, 0.25) is 0 Å². The Hall–Kier alpha value is -3.19. The number of amides is 1. The third-order valence-electron chi connectivity index (χ3n) is 4.38. The van der Waals surface area contributed by atoms with Crippen LogP contribution in [-0.2, 0) is 11.8 Å². The number of nitrogens with one attached hydrogen (secondary N) is 1. The summed E-state index contributed by atoms with van der Waals surface area (Å²) < 4.78 is 15.1. The van der Waals surface area contributed by atoms with Crippen LogP contribution in [0.25, 0.3) is 21.7 Å². The molecule has 7 heteroatoms. The van der Waals surface area contributed by atoms with Gasteiger partial charge in [-0.05, 0) is 35.0 Å². The van der Waals surface area contributed by atoms with Crippen LogP contribution < -0.4 is 10.9 Å². The molecule has 140 valence electrons. The summed E-state index contributed by atoms with van der Waals surface area (Å²) in [5.74, 6) is -0.861. The van der Waals surface area contributed by atoms with Crippen LogP contribution in [-0.4, -0.2) is 21.2 Å². The molecule has 1 heterocycles. The topological polar surface area (TPSA) is 64.0 Å². The summed E-state index contributed by atoms with van der Waals surface area (Å²) in [7, 11) is 1.63. The lowest BCUT2D eigenvalue weighted by molar-refractivity contribution is -0.113. The molecule has 28 heavy (non-hydrogen) atoms. The van der Waals surface area contributed by atoms with Crippen LogP contribution >= 0.6 is 11.8 Å². The van der Waals surface area contributed by atoms with E-state index in [4.69, 9.17) is 0 Å². The maximum Gasteiger partial charge on any atom is 0.261 e. The van der Waals surface area contributed by atoms with E-state index >= 15 is 0 Å². The van der Waals surface area contributed by atoms with Crippen LogP contribution in [0, 0.1) is 5.82 Å². The Morgan fingerprint density at radius 2 is 1.79 bits per heavy atom. The number of nitrogens with zero attached hydrogens (tertiary/aromatic N) is 2. The largest absolute Gasteiger partial charge is 0.323 e. The molecule has 1 N–H and O–H groups in total. The second-order valence-electron chi connectivity index (χ2n) is 6.29. The highest BCUT2D eigenvalue weighted by molar-refractivity contribution is 7.99. The fourth-order valence-corrected chi connectivity index (χ4v) is 3.72. The van der Waals surface area contributed by atoms with E-state index in [9.17, 15) is 14.0 Å². The van der Waals surface area contributed by atoms with Crippen molar-refractivity contribution in [3.63, 3.8) is 0 Å². The molecule has 4 rings (SSSR count). The van der Waals surface area contributed by atoms with Gasteiger partial charge in [0.1, 0.15) is 5.82 Å². The molecule has 0 aliphatic heterocycles. The first-order valence-corrected chi connectivity index (χ1v) is 9.58. The molecule has 0 radical (unpaired) electrons. The summed E-state index contributed by atoms with van der Waals surface area (Å²) in [6.07, 6.45) is 0. The predicted octanol–water partition coefficient (Wildman–Crippen LogP) is 3.96. The van der Waals surface area contributed by atoms with Gasteiger partial charge in [0.05, 0.1) is 22.3 Å². The Morgan fingerprint density at radius 3 is 2.54 bits per heavy atom. The van der Waals surface area contributed by atoms with E-state index in [0.29, 0.717) is 16.1 Å². The molecule has 1 aromatic heterocycles. The highest BCUT2D eigenvalue weighted by Crippen LogP contribution is 2.22. The zero-order chi connectivity index (χ0) is 19.7. The van der Waals surface area contributed by atoms with Crippen LogP contribution in [0.5, 0.6) is 0 Å².